The maximum Gasteiger partial charge on any atom is 0.408 e. The van der Waals surface area contributed by atoms with Gasteiger partial charge in [-0.05, 0) is 39.2 Å². The van der Waals surface area contributed by atoms with Gasteiger partial charge in [0, 0.05) is 13.1 Å². The summed E-state index contributed by atoms with van der Waals surface area (Å²) in [6.45, 7) is 10.2. The van der Waals surface area contributed by atoms with Gasteiger partial charge in [0.15, 0.2) is 0 Å². The lowest BCUT2D eigenvalue weighted by Crippen LogP contribution is -2.48. The molecule has 174 valence electrons. The maximum atomic E-state index is 13.1. The van der Waals surface area contributed by atoms with Gasteiger partial charge in [-0.25, -0.2) is 4.79 Å². The number of alkyl carbamates (subject to hydrolysis) is 1. The van der Waals surface area contributed by atoms with Crippen LogP contribution in [-0.2, 0) is 14.3 Å². The van der Waals surface area contributed by atoms with E-state index >= 15 is 0 Å². The highest BCUT2D eigenvalue weighted by atomic mass is 16.6. The Kier molecular flexibility index (Phi) is 11.7. The molecule has 0 saturated heterocycles. The average Bonchev–Trinajstić information content (AvgIpc) is 2.71. The van der Waals surface area contributed by atoms with Crippen LogP contribution in [0.25, 0.3) is 0 Å². The van der Waals surface area contributed by atoms with Crippen LogP contribution < -0.4 is 10.6 Å². The lowest BCUT2D eigenvalue weighted by molar-refractivity contribution is -0.140. The van der Waals surface area contributed by atoms with Crippen molar-refractivity contribution in [1.82, 2.24) is 15.5 Å². The van der Waals surface area contributed by atoms with E-state index < -0.39 is 17.7 Å². The van der Waals surface area contributed by atoms with E-state index in [9.17, 15) is 14.4 Å². The predicted octanol–water partition coefficient (Wildman–Crippen LogP) is 4.19. The first-order valence-electron chi connectivity index (χ1n) is 11.3. The van der Waals surface area contributed by atoms with Crippen molar-refractivity contribution in [2.24, 2.45) is 0 Å². The number of amides is 3. The van der Waals surface area contributed by atoms with Gasteiger partial charge in [-0.15, -0.1) is 0 Å². The fraction of sp³-hybridized carbons (Fsp3) is 0.625. The first-order chi connectivity index (χ1) is 14.7. The molecular weight excluding hydrogens is 394 g/mol. The molecule has 0 spiro atoms. The normalized spacial score (nSPS) is 12.0. The highest BCUT2D eigenvalue weighted by molar-refractivity contribution is 5.90. The fourth-order valence-electron chi connectivity index (χ4n) is 3.09. The van der Waals surface area contributed by atoms with E-state index in [1.807, 2.05) is 30.3 Å². The third kappa shape index (κ3) is 10.3. The Morgan fingerprint density at radius 3 is 2.19 bits per heavy atom. The number of carbonyl (C=O) groups is 3. The van der Waals surface area contributed by atoms with Gasteiger partial charge in [-0.1, -0.05) is 63.4 Å². The molecule has 0 aliphatic heterocycles. The molecule has 0 aliphatic carbocycles. The van der Waals surface area contributed by atoms with Crippen molar-refractivity contribution in [3.05, 3.63) is 35.9 Å². The molecule has 31 heavy (non-hydrogen) atoms. The molecule has 7 heteroatoms. The third-order valence-corrected chi connectivity index (χ3v) is 4.61. The Morgan fingerprint density at radius 1 is 0.968 bits per heavy atom. The maximum absolute atomic E-state index is 13.1. The van der Waals surface area contributed by atoms with Crippen molar-refractivity contribution in [2.75, 3.05) is 19.6 Å². The molecule has 0 heterocycles. The van der Waals surface area contributed by atoms with Crippen LogP contribution >= 0.6 is 0 Å². The minimum atomic E-state index is -0.747. The van der Waals surface area contributed by atoms with Crippen LogP contribution in [0.3, 0.4) is 0 Å². The average molecular weight is 434 g/mol. The van der Waals surface area contributed by atoms with Crippen LogP contribution in [0, 0.1) is 0 Å². The zero-order chi connectivity index (χ0) is 23.3. The van der Waals surface area contributed by atoms with E-state index in [2.05, 4.69) is 24.5 Å². The quantitative estimate of drug-likeness (QED) is 0.484. The zero-order valence-electron chi connectivity index (χ0n) is 19.7. The fourth-order valence-corrected chi connectivity index (χ4v) is 3.09. The lowest BCUT2D eigenvalue weighted by Gasteiger charge is -2.32. The van der Waals surface area contributed by atoms with E-state index in [1.54, 1.807) is 25.7 Å². The summed E-state index contributed by atoms with van der Waals surface area (Å²) >= 11 is 0. The Labute approximate surface area is 186 Å². The van der Waals surface area contributed by atoms with Crippen LogP contribution in [0.5, 0.6) is 0 Å². The minimum Gasteiger partial charge on any atom is -0.444 e. The number of rotatable bonds is 12. The molecule has 0 aromatic heterocycles. The van der Waals surface area contributed by atoms with E-state index in [4.69, 9.17) is 4.74 Å². The molecule has 0 bridgehead atoms. The lowest BCUT2D eigenvalue weighted by atomic mass is 10.0. The van der Waals surface area contributed by atoms with E-state index in [-0.39, 0.29) is 18.4 Å². The van der Waals surface area contributed by atoms with E-state index in [1.165, 1.54) is 0 Å². The molecular formula is C24H39N3O4. The Hall–Kier alpha value is -2.57. The molecule has 0 radical (unpaired) electrons. The van der Waals surface area contributed by atoms with E-state index in [0.29, 0.717) is 13.1 Å². The van der Waals surface area contributed by atoms with Gasteiger partial charge >= 0.3 is 6.09 Å². The molecule has 7 nitrogen and oxygen atoms in total. The highest BCUT2D eigenvalue weighted by Crippen LogP contribution is 2.22. The standard InChI is InChI=1S/C24H39N3O4/c1-6-8-13-17-27(20(28)18-26-23(30)31-24(3,4)5)21(19-14-11-10-12-15-19)22(29)25-16-9-7-2/h10-12,14-15,21H,6-9,13,16-18H2,1-5H3,(H,25,29)(H,26,30). The summed E-state index contributed by atoms with van der Waals surface area (Å²) < 4.78 is 5.22. The van der Waals surface area contributed by atoms with Gasteiger partial charge in [-0.3, -0.25) is 9.59 Å². The second-order valence-electron chi connectivity index (χ2n) is 8.61. The number of carbonyl (C=O) groups excluding carboxylic acids is 3. The molecule has 2 N–H and O–H groups in total. The summed E-state index contributed by atoms with van der Waals surface area (Å²) in [6.07, 6.45) is 3.91. The van der Waals surface area contributed by atoms with Gasteiger partial charge in [0.25, 0.3) is 0 Å². The number of nitrogens with zero attached hydrogens (tertiary/aromatic N) is 1. The van der Waals surface area contributed by atoms with Crippen LogP contribution in [0.1, 0.15) is 78.3 Å². The second-order valence-corrected chi connectivity index (χ2v) is 8.61. The Balaban J connectivity index is 3.05. The minimum absolute atomic E-state index is 0.207. The molecule has 0 saturated carbocycles. The van der Waals surface area contributed by atoms with Crippen molar-refractivity contribution >= 4 is 17.9 Å². The predicted molar refractivity (Wildman–Crippen MR) is 123 cm³/mol. The summed E-state index contributed by atoms with van der Waals surface area (Å²) in [5, 5.41) is 5.48. The monoisotopic (exact) mass is 433 g/mol. The summed E-state index contributed by atoms with van der Waals surface area (Å²) in [4.78, 5) is 39.8. The number of hydrogen-bond acceptors (Lipinski definition) is 4. The second kappa shape index (κ2) is 13.7. The molecule has 1 unspecified atom stereocenters. The third-order valence-electron chi connectivity index (χ3n) is 4.61. The van der Waals surface area contributed by atoms with Crippen molar-refractivity contribution in [2.45, 2.75) is 78.4 Å². The van der Waals surface area contributed by atoms with Crippen molar-refractivity contribution in [3.8, 4) is 0 Å². The van der Waals surface area contributed by atoms with Gasteiger partial charge in [-0.2, -0.15) is 0 Å². The SMILES string of the molecule is CCCCCN(C(=O)CNC(=O)OC(C)(C)C)C(C(=O)NCCCC)c1ccccc1. The summed E-state index contributed by atoms with van der Waals surface area (Å²) in [5.74, 6) is -0.525. The number of ether oxygens (including phenoxy) is 1. The number of hydrogen-bond donors (Lipinski definition) is 2. The highest BCUT2D eigenvalue weighted by Gasteiger charge is 2.31. The summed E-state index contributed by atoms with van der Waals surface area (Å²) in [5.41, 5.74) is 0.0956. The van der Waals surface area contributed by atoms with Crippen LogP contribution in [-0.4, -0.2) is 48.0 Å². The van der Waals surface area contributed by atoms with Crippen LogP contribution in [0.4, 0.5) is 4.79 Å². The molecule has 0 fully saturated rings. The molecule has 1 aromatic carbocycles. The van der Waals surface area contributed by atoms with Crippen molar-refractivity contribution in [1.29, 1.82) is 0 Å². The molecule has 1 aromatic rings. The van der Waals surface area contributed by atoms with Crippen molar-refractivity contribution < 1.29 is 19.1 Å². The Bertz CT molecular complexity index is 686. The Morgan fingerprint density at radius 2 is 1.61 bits per heavy atom. The number of unbranched alkanes of at least 4 members (excludes halogenated alkanes) is 3. The largest absolute Gasteiger partial charge is 0.444 e. The summed E-state index contributed by atoms with van der Waals surface area (Å²) in [6, 6.07) is 8.55. The number of nitrogens with one attached hydrogen (secondary N) is 2. The molecule has 0 aliphatic rings. The van der Waals surface area contributed by atoms with Crippen molar-refractivity contribution in [3.63, 3.8) is 0 Å². The molecule has 1 rings (SSSR count). The smallest absolute Gasteiger partial charge is 0.408 e. The summed E-state index contributed by atoms with van der Waals surface area (Å²) in [7, 11) is 0. The van der Waals surface area contributed by atoms with Gasteiger partial charge < -0.3 is 20.3 Å². The van der Waals surface area contributed by atoms with E-state index in [0.717, 1.165) is 37.7 Å². The van der Waals surface area contributed by atoms with Crippen LogP contribution in [0.15, 0.2) is 30.3 Å². The van der Waals surface area contributed by atoms with Gasteiger partial charge in [0.1, 0.15) is 18.2 Å². The van der Waals surface area contributed by atoms with Gasteiger partial charge in [0.2, 0.25) is 11.8 Å². The van der Waals surface area contributed by atoms with Gasteiger partial charge in [0.05, 0.1) is 0 Å². The van der Waals surface area contributed by atoms with Crippen LogP contribution in [0.2, 0.25) is 0 Å². The first-order valence-corrected chi connectivity index (χ1v) is 11.3. The topological polar surface area (TPSA) is 87.7 Å². The molecule has 1 atom stereocenters. The first kappa shape index (κ1) is 26.5. The number of benzene rings is 1. The molecule has 3 amide bonds. The zero-order valence-corrected chi connectivity index (χ0v) is 19.7.